The molecule has 0 aliphatic carbocycles. The number of hydrogen-bond donors (Lipinski definition) is 1. The maximum Gasteiger partial charge on any atom is 0.234 e. The second-order valence-corrected chi connectivity index (χ2v) is 8.06. The third kappa shape index (κ3) is 5.49. The van der Waals surface area contributed by atoms with Gasteiger partial charge in [-0.15, -0.1) is 16.8 Å². The fourth-order valence-electron chi connectivity index (χ4n) is 2.86. The summed E-state index contributed by atoms with van der Waals surface area (Å²) in [5.74, 6) is 1.00. The minimum atomic E-state index is -0.0731. The van der Waals surface area contributed by atoms with Gasteiger partial charge in [0.05, 0.1) is 5.75 Å². The zero-order chi connectivity index (χ0) is 20.8. The molecule has 5 nitrogen and oxygen atoms in total. The molecule has 0 aliphatic heterocycles. The van der Waals surface area contributed by atoms with Crippen LogP contribution < -0.4 is 5.32 Å². The zero-order valence-corrected chi connectivity index (χ0v) is 18.1. The van der Waals surface area contributed by atoms with Crippen molar-refractivity contribution in [3.63, 3.8) is 0 Å². The smallest absolute Gasteiger partial charge is 0.234 e. The van der Waals surface area contributed by atoms with Crippen LogP contribution in [0.25, 0.3) is 0 Å². The van der Waals surface area contributed by atoms with Crippen molar-refractivity contribution in [2.75, 3.05) is 11.1 Å². The van der Waals surface area contributed by atoms with Crippen LogP contribution in [-0.2, 0) is 17.8 Å². The summed E-state index contributed by atoms with van der Waals surface area (Å²) in [6, 6.07) is 13.5. The summed E-state index contributed by atoms with van der Waals surface area (Å²) in [6.07, 6.45) is 2.43. The summed E-state index contributed by atoms with van der Waals surface area (Å²) in [4.78, 5) is 12.4. The van der Waals surface area contributed by atoms with E-state index in [0.29, 0.717) is 23.1 Å². The number of rotatable bonds is 8. The van der Waals surface area contributed by atoms with Crippen LogP contribution in [0.15, 0.2) is 60.3 Å². The van der Waals surface area contributed by atoms with Crippen LogP contribution in [0.2, 0.25) is 5.02 Å². The number of aromatic nitrogens is 3. The highest BCUT2D eigenvalue weighted by Gasteiger charge is 2.14. The number of allylic oxidation sites excluding steroid dienone is 1. The predicted octanol–water partition coefficient (Wildman–Crippen LogP) is 5.06. The van der Waals surface area contributed by atoms with Crippen molar-refractivity contribution in [3.05, 3.63) is 82.7 Å². The largest absolute Gasteiger partial charge is 0.325 e. The van der Waals surface area contributed by atoms with Gasteiger partial charge in [0.15, 0.2) is 5.16 Å². The Bertz CT molecular complexity index is 1010. The summed E-state index contributed by atoms with van der Waals surface area (Å²) in [7, 11) is 0. The van der Waals surface area contributed by atoms with Crippen LogP contribution in [0, 0.1) is 13.8 Å². The van der Waals surface area contributed by atoms with Gasteiger partial charge in [-0.3, -0.25) is 4.79 Å². The van der Waals surface area contributed by atoms with Crippen molar-refractivity contribution in [1.82, 2.24) is 14.8 Å². The Morgan fingerprint density at radius 2 is 1.97 bits per heavy atom. The fraction of sp³-hybridized carbons (Fsp3) is 0.227. The van der Waals surface area contributed by atoms with Crippen LogP contribution in [0.4, 0.5) is 5.69 Å². The Hall–Kier alpha value is -2.57. The van der Waals surface area contributed by atoms with Crippen LogP contribution in [-0.4, -0.2) is 26.4 Å². The van der Waals surface area contributed by atoms with E-state index in [1.807, 2.05) is 60.9 Å². The lowest BCUT2D eigenvalue weighted by Gasteiger charge is -2.11. The topological polar surface area (TPSA) is 59.8 Å². The minimum absolute atomic E-state index is 0.0731. The molecule has 0 saturated heterocycles. The van der Waals surface area contributed by atoms with Crippen LogP contribution in [0.5, 0.6) is 0 Å². The normalized spacial score (nSPS) is 10.7. The van der Waals surface area contributed by atoms with Gasteiger partial charge in [-0.2, -0.15) is 0 Å². The number of hydrogen-bond acceptors (Lipinski definition) is 4. The second-order valence-electron chi connectivity index (χ2n) is 6.69. The first-order chi connectivity index (χ1) is 14.0. The van der Waals surface area contributed by atoms with Gasteiger partial charge in [-0.1, -0.05) is 53.7 Å². The third-order valence-corrected chi connectivity index (χ3v) is 5.81. The number of nitrogens with zero attached hydrogens (tertiary/aromatic N) is 3. The van der Waals surface area contributed by atoms with Crippen LogP contribution in [0.3, 0.4) is 0 Å². The molecule has 7 heteroatoms. The van der Waals surface area contributed by atoms with Crippen molar-refractivity contribution in [3.8, 4) is 0 Å². The number of benzene rings is 2. The lowest BCUT2D eigenvalue weighted by molar-refractivity contribution is -0.113. The van der Waals surface area contributed by atoms with Crippen LogP contribution >= 0.6 is 23.4 Å². The molecule has 1 N–H and O–H groups in total. The molecule has 0 atom stereocenters. The fourth-order valence-corrected chi connectivity index (χ4v) is 3.75. The quantitative estimate of drug-likeness (QED) is 0.404. The second kappa shape index (κ2) is 9.76. The lowest BCUT2D eigenvalue weighted by Crippen LogP contribution is -2.15. The molecule has 2 aromatic carbocycles. The molecule has 1 aromatic heterocycles. The number of nitrogens with one attached hydrogen (secondary N) is 1. The van der Waals surface area contributed by atoms with Gasteiger partial charge < -0.3 is 9.88 Å². The average molecular weight is 427 g/mol. The van der Waals surface area contributed by atoms with Crippen molar-refractivity contribution in [2.24, 2.45) is 0 Å². The van der Waals surface area contributed by atoms with E-state index in [-0.39, 0.29) is 11.7 Å². The molecule has 3 aromatic rings. The number of halogens is 1. The predicted molar refractivity (Wildman–Crippen MR) is 120 cm³/mol. The first-order valence-electron chi connectivity index (χ1n) is 9.24. The first kappa shape index (κ1) is 21.1. The molecule has 0 saturated carbocycles. The Morgan fingerprint density at radius 1 is 1.21 bits per heavy atom. The van der Waals surface area contributed by atoms with E-state index < -0.39 is 0 Å². The highest BCUT2D eigenvalue weighted by Crippen LogP contribution is 2.22. The van der Waals surface area contributed by atoms with E-state index in [9.17, 15) is 4.79 Å². The van der Waals surface area contributed by atoms with Crippen LogP contribution in [0.1, 0.15) is 22.5 Å². The van der Waals surface area contributed by atoms with E-state index in [4.69, 9.17) is 11.6 Å². The SMILES string of the molecule is C=CCn1c(Cc2ccc(Cl)cc2)nnc1SCC(=O)Nc1cccc(C)c1C. The summed E-state index contributed by atoms with van der Waals surface area (Å²) >= 11 is 7.33. The van der Waals surface area contributed by atoms with Gasteiger partial charge in [0, 0.05) is 23.7 Å². The summed E-state index contributed by atoms with van der Waals surface area (Å²) < 4.78 is 1.98. The van der Waals surface area contributed by atoms with Crippen molar-refractivity contribution in [2.45, 2.75) is 32.0 Å². The molecule has 0 aliphatic rings. The zero-order valence-electron chi connectivity index (χ0n) is 16.5. The molecular formula is C22H23ClN4OS. The molecule has 0 spiro atoms. The minimum Gasteiger partial charge on any atom is -0.325 e. The highest BCUT2D eigenvalue weighted by atomic mass is 35.5. The third-order valence-electron chi connectivity index (χ3n) is 4.59. The number of carbonyl (C=O) groups is 1. The lowest BCUT2D eigenvalue weighted by atomic mass is 10.1. The molecule has 1 amide bonds. The van der Waals surface area contributed by atoms with Gasteiger partial charge >= 0.3 is 0 Å². The Balaban J connectivity index is 1.67. The molecule has 0 fully saturated rings. The number of aryl methyl sites for hydroxylation is 1. The number of anilines is 1. The van der Waals surface area contributed by atoms with E-state index in [0.717, 1.165) is 28.2 Å². The molecular weight excluding hydrogens is 404 g/mol. The Morgan fingerprint density at radius 3 is 2.69 bits per heavy atom. The number of thioether (sulfide) groups is 1. The van der Waals surface area contributed by atoms with Crippen molar-refractivity contribution >= 4 is 35.0 Å². The molecule has 150 valence electrons. The molecule has 0 unspecified atom stereocenters. The maximum absolute atomic E-state index is 12.4. The summed E-state index contributed by atoms with van der Waals surface area (Å²) in [5.41, 5.74) is 4.15. The summed E-state index contributed by atoms with van der Waals surface area (Å²) in [6.45, 7) is 8.43. The van der Waals surface area contributed by atoms with Gasteiger partial charge in [0.2, 0.25) is 5.91 Å². The molecule has 0 bridgehead atoms. The van der Waals surface area contributed by atoms with Crippen molar-refractivity contribution in [1.29, 1.82) is 0 Å². The first-order valence-corrected chi connectivity index (χ1v) is 10.6. The van der Waals surface area contributed by atoms with E-state index in [1.54, 1.807) is 6.08 Å². The van der Waals surface area contributed by atoms with E-state index in [2.05, 4.69) is 22.1 Å². The van der Waals surface area contributed by atoms with E-state index >= 15 is 0 Å². The Labute approximate surface area is 180 Å². The summed E-state index contributed by atoms with van der Waals surface area (Å²) in [5, 5.41) is 13.0. The van der Waals surface area contributed by atoms with Gasteiger partial charge in [0.25, 0.3) is 0 Å². The van der Waals surface area contributed by atoms with Crippen molar-refractivity contribution < 1.29 is 4.79 Å². The van der Waals surface area contributed by atoms with E-state index in [1.165, 1.54) is 11.8 Å². The standard InChI is InChI=1S/C22H23ClN4OS/c1-4-12-27-20(13-17-8-10-18(23)11-9-17)25-26-22(27)29-14-21(28)24-19-7-5-6-15(2)16(19)3/h4-11H,1,12-14H2,2-3H3,(H,24,28). The number of amides is 1. The van der Waals surface area contributed by atoms with Gasteiger partial charge in [-0.25, -0.2) is 0 Å². The maximum atomic E-state index is 12.4. The Kier molecular flexibility index (Phi) is 7.12. The highest BCUT2D eigenvalue weighted by molar-refractivity contribution is 7.99. The molecule has 0 radical (unpaired) electrons. The average Bonchev–Trinajstić information content (AvgIpc) is 3.07. The molecule has 1 heterocycles. The molecule has 3 rings (SSSR count). The monoisotopic (exact) mass is 426 g/mol. The molecule has 29 heavy (non-hydrogen) atoms. The van der Waals surface area contributed by atoms with Gasteiger partial charge in [0.1, 0.15) is 5.82 Å². The van der Waals surface area contributed by atoms with Gasteiger partial charge in [-0.05, 0) is 48.7 Å². The number of carbonyl (C=O) groups excluding carboxylic acids is 1.